The van der Waals surface area contributed by atoms with Crippen molar-refractivity contribution in [2.45, 2.75) is 45.7 Å². The fraction of sp³-hybridized carbons (Fsp3) is 0.500. The highest BCUT2D eigenvalue weighted by atomic mass is 16.5. The lowest BCUT2D eigenvalue weighted by Crippen LogP contribution is -2.36. The molecule has 0 aliphatic rings. The lowest BCUT2D eigenvalue weighted by Gasteiger charge is -2.14. The van der Waals surface area contributed by atoms with Crippen molar-refractivity contribution < 1.29 is 19.1 Å². The first kappa shape index (κ1) is 21.4. The van der Waals surface area contributed by atoms with Gasteiger partial charge in [0, 0.05) is 25.6 Å². The summed E-state index contributed by atoms with van der Waals surface area (Å²) in [7, 11) is 4.70. The maximum absolute atomic E-state index is 10.0. The van der Waals surface area contributed by atoms with E-state index in [0.717, 1.165) is 29.9 Å². The van der Waals surface area contributed by atoms with E-state index < -0.39 is 0 Å². The van der Waals surface area contributed by atoms with Crippen molar-refractivity contribution >= 4 is 5.96 Å². The van der Waals surface area contributed by atoms with Gasteiger partial charge >= 0.3 is 0 Å². The van der Waals surface area contributed by atoms with Gasteiger partial charge in [-0.3, -0.25) is 4.99 Å². The normalized spacial score (nSPS) is 11.6. The number of guanidine groups is 1. The number of aromatic hydroxyl groups is 1. The van der Waals surface area contributed by atoms with Gasteiger partial charge in [-0.1, -0.05) is 19.0 Å². The molecule has 0 atom stereocenters. The number of ether oxygens (including phenoxy) is 2. The molecule has 154 valence electrons. The quantitative estimate of drug-likeness (QED) is 0.446. The zero-order valence-electron chi connectivity index (χ0n) is 17.2. The lowest BCUT2D eigenvalue weighted by molar-refractivity contribution is 0.339. The van der Waals surface area contributed by atoms with Crippen molar-refractivity contribution in [1.82, 2.24) is 15.8 Å². The molecule has 8 heteroatoms. The maximum atomic E-state index is 10.0. The second-order valence-corrected chi connectivity index (χ2v) is 6.36. The van der Waals surface area contributed by atoms with E-state index in [2.05, 4.69) is 34.6 Å². The van der Waals surface area contributed by atoms with Gasteiger partial charge in [-0.05, 0) is 30.5 Å². The van der Waals surface area contributed by atoms with Crippen LogP contribution in [0.3, 0.4) is 0 Å². The van der Waals surface area contributed by atoms with E-state index in [1.165, 1.54) is 14.2 Å². The molecule has 1 aromatic heterocycles. The van der Waals surface area contributed by atoms with Gasteiger partial charge < -0.3 is 29.7 Å². The van der Waals surface area contributed by atoms with Gasteiger partial charge in [0.25, 0.3) is 0 Å². The third-order valence-electron chi connectivity index (χ3n) is 4.63. The van der Waals surface area contributed by atoms with E-state index in [1.807, 2.05) is 6.07 Å². The van der Waals surface area contributed by atoms with E-state index in [-0.39, 0.29) is 5.75 Å². The second-order valence-electron chi connectivity index (χ2n) is 6.36. The van der Waals surface area contributed by atoms with E-state index in [1.54, 1.807) is 19.2 Å². The van der Waals surface area contributed by atoms with E-state index in [0.29, 0.717) is 36.5 Å². The Bertz CT molecular complexity index is 759. The molecule has 0 aliphatic heterocycles. The molecule has 3 N–H and O–H groups in total. The summed E-state index contributed by atoms with van der Waals surface area (Å²) in [5, 5.41) is 20.6. The Balaban J connectivity index is 1.95. The van der Waals surface area contributed by atoms with Crippen LogP contribution < -0.4 is 20.1 Å². The van der Waals surface area contributed by atoms with Crippen LogP contribution in [-0.4, -0.2) is 37.5 Å². The molecule has 1 aromatic carbocycles. The van der Waals surface area contributed by atoms with Gasteiger partial charge in [0.15, 0.2) is 23.2 Å². The van der Waals surface area contributed by atoms with Gasteiger partial charge in [-0.15, -0.1) is 0 Å². The smallest absolute Gasteiger partial charge is 0.200 e. The number of hydrogen-bond acceptors (Lipinski definition) is 6. The molecule has 0 saturated heterocycles. The van der Waals surface area contributed by atoms with Crippen LogP contribution in [0.5, 0.6) is 17.2 Å². The molecule has 0 amide bonds. The van der Waals surface area contributed by atoms with Crippen molar-refractivity contribution in [2.75, 3.05) is 21.3 Å². The van der Waals surface area contributed by atoms with E-state index in [9.17, 15) is 5.11 Å². The average molecular weight is 390 g/mol. The number of phenols is 1. The van der Waals surface area contributed by atoms with Crippen LogP contribution in [0.25, 0.3) is 0 Å². The predicted molar refractivity (Wildman–Crippen MR) is 108 cm³/mol. The van der Waals surface area contributed by atoms with E-state index in [4.69, 9.17) is 14.0 Å². The highest BCUT2D eigenvalue weighted by molar-refractivity contribution is 5.79. The molecule has 2 rings (SSSR count). The van der Waals surface area contributed by atoms with Gasteiger partial charge in [-0.25, -0.2) is 0 Å². The first-order valence-electron chi connectivity index (χ1n) is 9.40. The van der Waals surface area contributed by atoms with Crippen molar-refractivity contribution in [3.63, 3.8) is 0 Å². The maximum Gasteiger partial charge on any atom is 0.200 e. The number of hydrogen-bond donors (Lipinski definition) is 3. The van der Waals surface area contributed by atoms with Crippen molar-refractivity contribution in [1.29, 1.82) is 0 Å². The fourth-order valence-electron chi connectivity index (χ4n) is 2.94. The van der Waals surface area contributed by atoms with Gasteiger partial charge in [0.05, 0.1) is 26.5 Å². The standard InChI is InChI=1S/C20H30N4O4/c1-6-14(7-2)16-10-15(28-24-16)12-23-20(21-3)22-11-13-8-17(26-4)19(25)18(9-13)27-5/h8-10,14,25H,6-7,11-12H2,1-5H3,(H2,21,22,23). The summed E-state index contributed by atoms with van der Waals surface area (Å²) in [6.07, 6.45) is 2.08. The van der Waals surface area contributed by atoms with Crippen LogP contribution in [0.1, 0.15) is 49.6 Å². The number of aromatic nitrogens is 1. The first-order chi connectivity index (χ1) is 13.6. The van der Waals surface area contributed by atoms with Gasteiger partial charge in [0.1, 0.15) is 0 Å². The van der Waals surface area contributed by atoms with Crippen LogP contribution in [0.15, 0.2) is 27.7 Å². The minimum atomic E-state index is -0.0187. The molecule has 0 aliphatic carbocycles. The Morgan fingerprint density at radius 3 is 2.25 bits per heavy atom. The van der Waals surface area contributed by atoms with Crippen LogP contribution in [-0.2, 0) is 13.1 Å². The van der Waals surface area contributed by atoms with Crippen molar-refractivity contribution in [2.24, 2.45) is 4.99 Å². The Labute approximate surface area is 165 Å². The Morgan fingerprint density at radius 1 is 1.11 bits per heavy atom. The van der Waals surface area contributed by atoms with Crippen molar-refractivity contribution in [3.8, 4) is 17.2 Å². The van der Waals surface area contributed by atoms with Crippen LogP contribution in [0, 0.1) is 0 Å². The molecule has 0 radical (unpaired) electrons. The first-order valence-corrected chi connectivity index (χ1v) is 9.40. The summed E-state index contributed by atoms with van der Waals surface area (Å²) in [6, 6.07) is 5.49. The minimum absolute atomic E-state index is 0.0187. The zero-order chi connectivity index (χ0) is 20.5. The van der Waals surface area contributed by atoms with Crippen LogP contribution in [0.2, 0.25) is 0 Å². The summed E-state index contributed by atoms with van der Waals surface area (Å²) in [5.41, 5.74) is 1.87. The average Bonchev–Trinajstić information content (AvgIpc) is 3.18. The summed E-state index contributed by atoms with van der Waals surface area (Å²) in [6.45, 7) is 5.26. The largest absolute Gasteiger partial charge is 0.502 e. The molecule has 0 spiro atoms. The Kier molecular flexibility index (Phi) is 7.98. The Hall–Kier alpha value is -2.90. The minimum Gasteiger partial charge on any atom is -0.502 e. The second kappa shape index (κ2) is 10.4. The third kappa shape index (κ3) is 5.31. The predicted octanol–water partition coefficient (Wildman–Crippen LogP) is 3.17. The molecule has 1 heterocycles. The molecular formula is C20H30N4O4. The SMILES string of the molecule is CCC(CC)c1cc(CNC(=NC)NCc2cc(OC)c(O)c(OC)c2)on1. The molecule has 28 heavy (non-hydrogen) atoms. The number of benzene rings is 1. The summed E-state index contributed by atoms with van der Waals surface area (Å²) < 4.78 is 15.8. The summed E-state index contributed by atoms with van der Waals surface area (Å²) >= 11 is 0. The number of phenolic OH excluding ortho intramolecular Hbond substituents is 1. The number of methoxy groups -OCH3 is 2. The monoisotopic (exact) mass is 390 g/mol. The number of nitrogens with zero attached hydrogens (tertiary/aromatic N) is 2. The molecule has 0 unspecified atom stereocenters. The molecule has 0 bridgehead atoms. The lowest BCUT2D eigenvalue weighted by atomic mass is 9.99. The Morgan fingerprint density at radius 2 is 1.71 bits per heavy atom. The summed E-state index contributed by atoms with van der Waals surface area (Å²) in [5.74, 6) is 2.50. The molecule has 0 fully saturated rings. The van der Waals surface area contributed by atoms with Gasteiger partial charge in [-0.2, -0.15) is 0 Å². The van der Waals surface area contributed by atoms with E-state index >= 15 is 0 Å². The van der Waals surface area contributed by atoms with Crippen LogP contribution in [0.4, 0.5) is 0 Å². The van der Waals surface area contributed by atoms with Gasteiger partial charge in [0.2, 0.25) is 5.75 Å². The summed E-state index contributed by atoms with van der Waals surface area (Å²) in [4.78, 5) is 4.22. The number of nitrogens with one attached hydrogen (secondary N) is 2. The van der Waals surface area contributed by atoms with Crippen LogP contribution >= 0.6 is 0 Å². The molecule has 0 saturated carbocycles. The van der Waals surface area contributed by atoms with Crippen molar-refractivity contribution in [3.05, 3.63) is 35.2 Å². The zero-order valence-corrected chi connectivity index (χ0v) is 17.2. The molecular weight excluding hydrogens is 360 g/mol. The topological polar surface area (TPSA) is 101 Å². The number of aliphatic imine (C=N–C) groups is 1. The third-order valence-corrected chi connectivity index (χ3v) is 4.63. The molecule has 2 aromatic rings. The fourth-order valence-corrected chi connectivity index (χ4v) is 2.94. The highest BCUT2D eigenvalue weighted by Crippen LogP contribution is 2.37. The number of rotatable bonds is 9. The highest BCUT2D eigenvalue weighted by Gasteiger charge is 2.14. The molecule has 8 nitrogen and oxygen atoms in total.